The Morgan fingerprint density at radius 3 is 2.92 bits per heavy atom. The normalized spacial score (nSPS) is 11.0. The van der Waals surface area contributed by atoms with E-state index in [-0.39, 0.29) is 12.5 Å². The fraction of sp³-hybridized carbons (Fsp3) is 0.118. The van der Waals surface area contributed by atoms with Gasteiger partial charge in [-0.15, -0.1) is 0 Å². The minimum atomic E-state index is -0.172. The summed E-state index contributed by atoms with van der Waals surface area (Å²) in [5.41, 5.74) is 2.00. The maximum absolute atomic E-state index is 11.9. The Bertz CT molecular complexity index is 992. The second kappa shape index (κ2) is 6.04. The number of para-hydroxylation sites is 1. The summed E-state index contributed by atoms with van der Waals surface area (Å²) in [6.07, 6.45) is 3.02. The first kappa shape index (κ1) is 14.3. The lowest BCUT2D eigenvalue weighted by atomic mass is 10.2. The van der Waals surface area contributed by atoms with Gasteiger partial charge in [-0.3, -0.25) is 4.79 Å². The van der Waals surface area contributed by atoms with Gasteiger partial charge in [-0.25, -0.2) is 9.97 Å². The lowest BCUT2D eigenvalue weighted by Crippen LogP contribution is -2.29. The van der Waals surface area contributed by atoms with Crippen LogP contribution in [0.2, 0.25) is 0 Å². The summed E-state index contributed by atoms with van der Waals surface area (Å²) >= 11 is 0. The monoisotopic (exact) mass is 322 g/mol. The maximum atomic E-state index is 11.9. The van der Waals surface area contributed by atoms with E-state index < -0.39 is 0 Å². The third kappa shape index (κ3) is 2.67. The van der Waals surface area contributed by atoms with Crippen LogP contribution in [0.1, 0.15) is 5.76 Å². The van der Waals surface area contributed by atoms with Crippen molar-refractivity contribution in [1.82, 2.24) is 15.3 Å². The predicted molar refractivity (Wildman–Crippen MR) is 88.4 cm³/mol. The van der Waals surface area contributed by atoms with Gasteiger partial charge in [0.15, 0.2) is 11.4 Å². The lowest BCUT2D eigenvalue weighted by Gasteiger charge is -2.06. The molecule has 1 amide bonds. The summed E-state index contributed by atoms with van der Waals surface area (Å²) in [5, 5.41) is 6.67. The van der Waals surface area contributed by atoms with Crippen molar-refractivity contribution in [2.45, 2.75) is 6.54 Å². The number of nitrogens with zero attached hydrogens (tertiary/aromatic N) is 2. The minimum absolute atomic E-state index is 0.0733. The van der Waals surface area contributed by atoms with Gasteiger partial charge in [-0.1, -0.05) is 12.1 Å². The molecule has 1 aromatic carbocycles. The molecule has 0 saturated carbocycles. The van der Waals surface area contributed by atoms with Gasteiger partial charge in [0.1, 0.15) is 23.2 Å². The number of furan rings is 2. The maximum Gasteiger partial charge on any atom is 0.239 e. The first-order chi connectivity index (χ1) is 11.8. The minimum Gasteiger partial charge on any atom is -0.467 e. The highest BCUT2D eigenvalue weighted by Gasteiger charge is 2.13. The molecule has 120 valence electrons. The Morgan fingerprint density at radius 1 is 1.12 bits per heavy atom. The average Bonchev–Trinajstić information content (AvgIpc) is 3.25. The summed E-state index contributed by atoms with van der Waals surface area (Å²) < 4.78 is 11.0. The fourth-order valence-electron chi connectivity index (χ4n) is 2.47. The van der Waals surface area contributed by atoms with Gasteiger partial charge in [0.2, 0.25) is 5.91 Å². The molecule has 0 unspecified atom stereocenters. The average molecular weight is 322 g/mol. The number of carbonyl (C=O) groups is 1. The fourth-order valence-corrected chi connectivity index (χ4v) is 2.47. The summed E-state index contributed by atoms with van der Waals surface area (Å²) in [5.74, 6) is 1.02. The van der Waals surface area contributed by atoms with Crippen LogP contribution in [0.25, 0.3) is 22.1 Å². The number of rotatable bonds is 5. The third-order valence-corrected chi connectivity index (χ3v) is 3.61. The van der Waals surface area contributed by atoms with Crippen molar-refractivity contribution >= 4 is 33.8 Å². The molecule has 0 spiro atoms. The number of benzene rings is 1. The first-order valence-corrected chi connectivity index (χ1v) is 7.46. The smallest absolute Gasteiger partial charge is 0.239 e. The summed E-state index contributed by atoms with van der Waals surface area (Å²) in [6, 6.07) is 11.2. The number of hydrogen-bond acceptors (Lipinski definition) is 6. The van der Waals surface area contributed by atoms with E-state index in [0.29, 0.717) is 23.7 Å². The molecule has 0 aliphatic rings. The molecule has 0 saturated heterocycles. The van der Waals surface area contributed by atoms with Gasteiger partial charge in [0, 0.05) is 5.39 Å². The van der Waals surface area contributed by atoms with Crippen molar-refractivity contribution in [3.05, 3.63) is 54.7 Å². The van der Waals surface area contributed by atoms with E-state index in [1.807, 2.05) is 24.3 Å². The van der Waals surface area contributed by atoms with E-state index in [2.05, 4.69) is 20.6 Å². The molecule has 0 radical (unpaired) electrons. The Balaban J connectivity index is 1.49. The molecule has 2 N–H and O–H groups in total. The SMILES string of the molecule is O=C(CNc1ncnc2c1oc1ccccc12)NCc1ccco1. The van der Waals surface area contributed by atoms with E-state index in [1.165, 1.54) is 6.33 Å². The number of amides is 1. The van der Waals surface area contributed by atoms with Crippen molar-refractivity contribution in [1.29, 1.82) is 0 Å². The van der Waals surface area contributed by atoms with E-state index in [9.17, 15) is 4.79 Å². The molecule has 0 fully saturated rings. The van der Waals surface area contributed by atoms with Gasteiger partial charge in [0.05, 0.1) is 19.4 Å². The zero-order valence-electron chi connectivity index (χ0n) is 12.7. The quantitative estimate of drug-likeness (QED) is 0.587. The molecule has 0 aliphatic heterocycles. The molecule has 4 aromatic rings. The van der Waals surface area contributed by atoms with Gasteiger partial charge < -0.3 is 19.5 Å². The predicted octanol–water partition coefficient (Wildman–Crippen LogP) is 2.70. The molecule has 3 heterocycles. The summed E-state index contributed by atoms with van der Waals surface area (Å²) in [6.45, 7) is 0.418. The van der Waals surface area contributed by atoms with Gasteiger partial charge in [0.25, 0.3) is 0 Å². The van der Waals surface area contributed by atoms with Crippen LogP contribution >= 0.6 is 0 Å². The van der Waals surface area contributed by atoms with Crippen LogP contribution < -0.4 is 10.6 Å². The van der Waals surface area contributed by atoms with E-state index in [4.69, 9.17) is 8.83 Å². The first-order valence-electron chi connectivity index (χ1n) is 7.46. The van der Waals surface area contributed by atoms with Crippen molar-refractivity contribution in [2.24, 2.45) is 0 Å². The molecule has 0 aliphatic carbocycles. The molecule has 0 bridgehead atoms. The second-order valence-electron chi connectivity index (χ2n) is 5.21. The zero-order valence-corrected chi connectivity index (χ0v) is 12.7. The van der Waals surface area contributed by atoms with Crippen LogP contribution in [0.4, 0.5) is 5.82 Å². The standard InChI is InChI=1S/C17H14N4O3/c22-14(18-8-11-4-3-7-23-11)9-19-17-16-15(20-10-21-17)12-5-1-2-6-13(12)24-16/h1-7,10H,8-9H2,(H,18,22)(H,19,20,21). The molecule has 4 rings (SSSR count). The van der Waals surface area contributed by atoms with Crippen molar-refractivity contribution in [2.75, 3.05) is 11.9 Å². The Labute approximate surface area is 136 Å². The van der Waals surface area contributed by atoms with Crippen LogP contribution in [0.3, 0.4) is 0 Å². The number of hydrogen-bond donors (Lipinski definition) is 2. The highest BCUT2D eigenvalue weighted by atomic mass is 16.3. The highest BCUT2D eigenvalue weighted by molar-refractivity contribution is 6.05. The van der Waals surface area contributed by atoms with Crippen LogP contribution in [-0.2, 0) is 11.3 Å². The topological polar surface area (TPSA) is 93.2 Å². The third-order valence-electron chi connectivity index (χ3n) is 3.61. The lowest BCUT2D eigenvalue weighted by molar-refractivity contribution is -0.119. The van der Waals surface area contributed by atoms with Gasteiger partial charge >= 0.3 is 0 Å². The Morgan fingerprint density at radius 2 is 2.04 bits per heavy atom. The van der Waals surface area contributed by atoms with Crippen molar-refractivity contribution in [3.8, 4) is 0 Å². The number of carbonyl (C=O) groups excluding carboxylic acids is 1. The van der Waals surface area contributed by atoms with Crippen LogP contribution in [0.5, 0.6) is 0 Å². The largest absolute Gasteiger partial charge is 0.467 e. The number of aromatic nitrogens is 2. The Hall–Kier alpha value is -3.35. The molecular weight excluding hydrogens is 308 g/mol. The Kier molecular flexibility index (Phi) is 3.59. The molecule has 7 heteroatoms. The number of fused-ring (bicyclic) bond motifs is 3. The molecule has 7 nitrogen and oxygen atoms in total. The van der Waals surface area contributed by atoms with E-state index in [1.54, 1.807) is 18.4 Å². The highest BCUT2D eigenvalue weighted by Crippen LogP contribution is 2.29. The summed E-state index contributed by atoms with van der Waals surface area (Å²) in [7, 11) is 0. The van der Waals surface area contributed by atoms with E-state index >= 15 is 0 Å². The van der Waals surface area contributed by atoms with E-state index in [0.717, 1.165) is 16.5 Å². The molecule has 24 heavy (non-hydrogen) atoms. The second-order valence-corrected chi connectivity index (χ2v) is 5.21. The van der Waals surface area contributed by atoms with Crippen molar-refractivity contribution in [3.63, 3.8) is 0 Å². The van der Waals surface area contributed by atoms with Crippen LogP contribution in [0.15, 0.2) is 57.8 Å². The molecule has 0 atom stereocenters. The molecular formula is C17H14N4O3. The van der Waals surface area contributed by atoms with Gasteiger partial charge in [-0.05, 0) is 24.3 Å². The van der Waals surface area contributed by atoms with Crippen LogP contribution in [-0.4, -0.2) is 22.4 Å². The van der Waals surface area contributed by atoms with Crippen molar-refractivity contribution < 1.29 is 13.6 Å². The zero-order chi connectivity index (χ0) is 16.4. The number of nitrogens with one attached hydrogen (secondary N) is 2. The number of anilines is 1. The van der Waals surface area contributed by atoms with Gasteiger partial charge in [-0.2, -0.15) is 0 Å². The summed E-state index contributed by atoms with van der Waals surface area (Å²) in [4.78, 5) is 20.4. The molecule has 3 aromatic heterocycles. The van der Waals surface area contributed by atoms with Crippen LogP contribution in [0, 0.1) is 0 Å².